The number of hydrogen-bond donors (Lipinski definition) is 1. The molecule has 0 saturated heterocycles. The highest BCUT2D eigenvalue weighted by Crippen LogP contribution is 2.16. The van der Waals surface area contributed by atoms with Crippen molar-refractivity contribution >= 4 is 10.0 Å². The lowest BCUT2D eigenvalue weighted by molar-refractivity contribution is 0.339. The minimum Gasteiger partial charge on any atom is -0.497 e. The first kappa shape index (κ1) is 11.8. The van der Waals surface area contributed by atoms with Gasteiger partial charge in [0.25, 0.3) is 0 Å². The quantitative estimate of drug-likeness (QED) is 0.793. The van der Waals surface area contributed by atoms with E-state index in [1.807, 2.05) is 0 Å². The molecule has 2 N–H and O–H groups in total. The van der Waals surface area contributed by atoms with Crippen LogP contribution in [-0.4, -0.2) is 27.9 Å². The number of primary sulfonamides is 1. The van der Waals surface area contributed by atoms with E-state index in [-0.39, 0.29) is 12.4 Å². The Morgan fingerprint density at radius 3 is 2.20 bits per heavy atom. The molecule has 0 saturated carbocycles. The fraction of sp³-hybridized carbons (Fsp3) is 0.333. The second-order valence-corrected chi connectivity index (χ2v) is 4.62. The highest BCUT2D eigenvalue weighted by Gasteiger charge is 2.02. The summed E-state index contributed by atoms with van der Waals surface area (Å²) in [6, 6.07) is 6.85. The van der Waals surface area contributed by atoms with E-state index in [9.17, 15) is 8.42 Å². The zero-order valence-electron chi connectivity index (χ0n) is 8.34. The Morgan fingerprint density at radius 1 is 1.20 bits per heavy atom. The Bertz CT molecular complexity index is 399. The van der Waals surface area contributed by atoms with Gasteiger partial charge in [-0.25, -0.2) is 13.6 Å². The molecule has 15 heavy (non-hydrogen) atoms. The van der Waals surface area contributed by atoms with Crippen molar-refractivity contribution in [3.8, 4) is 11.5 Å². The zero-order chi connectivity index (χ0) is 11.3. The van der Waals surface area contributed by atoms with Gasteiger partial charge >= 0.3 is 0 Å². The first-order chi connectivity index (χ1) is 7.01. The maximum Gasteiger partial charge on any atom is 0.212 e. The van der Waals surface area contributed by atoms with Crippen LogP contribution < -0.4 is 14.6 Å². The van der Waals surface area contributed by atoms with E-state index in [4.69, 9.17) is 14.6 Å². The maximum absolute atomic E-state index is 10.6. The van der Waals surface area contributed by atoms with Gasteiger partial charge in [-0.2, -0.15) is 0 Å². The predicted octanol–water partition coefficient (Wildman–Crippen LogP) is 0.363. The van der Waals surface area contributed by atoms with E-state index in [1.165, 1.54) is 0 Å². The molecule has 0 radical (unpaired) electrons. The second kappa shape index (κ2) is 4.99. The summed E-state index contributed by atoms with van der Waals surface area (Å²) < 4.78 is 31.3. The molecule has 0 unspecified atom stereocenters. The van der Waals surface area contributed by atoms with Gasteiger partial charge in [0, 0.05) is 0 Å². The molecule has 1 aromatic carbocycles. The van der Waals surface area contributed by atoms with Crippen molar-refractivity contribution in [2.45, 2.75) is 0 Å². The summed E-state index contributed by atoms with van der Waals surface area (Å²) in [6.07, 6.45) is 0. The molecule has 0 atom stereocenters. The normalized spacial score (nSPS) is 11.1. The second-order valence-electron chi connectivity index (χ2n) is 2.89. The van der Waals surface area contributed by atoms with E-state index in [0.717, 1.165) is 0 Å². The SMILES string of the molecule is COc1ccc(OCCS(N)(=O)=O)cc1. The molecular weight excluding hydrogens is 218 g/mol. The molecule has 0 bridgehead atoms. The molecular formula is C9H13NO4S. The van der Waals surface area contributed by atoms with Gasteiger partial charge in [-0.3, -0.25) is 0 Å². The summed E-state index contributed by atoms with van der Waals surface area (Å²) in [5.74, 6) is 1.10. The first-order valence-corrected chi connectivity index (χ1v) is 6.00. The number of methoxy groups -OCH3 is 1. The number of rotatable bonds is 5. The monoisotopic (exact) mass is 231 g/mol. The molecule has 0 amide bonds. The smallest absolute Gasteiger partial charge is 0.212 e. The van der Waals surface area contributed by atoms with Crippen molar-refractivity contribution in [3.05, 3.63) is 24.3 Å². The van der Waals surface area contributed by atoms with Gasteiger partial charge in [0.05, 0.1) is 12.9 Å². The molecule has 0 aliphatic heterocycles. The Balaban J connectivity index is 2.45. The van der Waals surface area contributed by atoms with Gasteiger partial charge < -0.3 is 9.47 Å². The average molecular weight is 231 g/mol. The maximum atomic E-state index is 10.6. The van der Waals surface area contributed by atoms with Gasteiger partial charge in [-0.1, -0.05) is 0 Å². The van der Waals surface area contributed by atoms with Crippen LogP contribution in [0.15, 0.2) is 24.3 Å². The fourth-order valence-electron chi connectivity index (χ4n) is 0.948. The molecule has 1 rings (SSSR count). The van der Waals surface area contributed by atoms with Crippen molar-refractivity contribution in [1.29, 1.82) is 0 Å². The van der Waals surface area contributed by atoms with Crippen molar-refractivity contribution < 1.29 is 17.9 Å². The molecule has 0 spiro atoms. The van der Waals surface area contributed by atoms with Crippen LogP contribution in [0.25, 0.3) is 0 Å². The van der Waals surface area contributed by atoms with Crippen LogP contribution in [0.2, 0.25) is 0 Å². The van der Waals surface area contributed by atoms with Gasteiger partial charge in [-0.05, 0) is 24.3 Å². The predicted molar refractivity (Wildman–Crippen MR) is 56.5 cm³/mol. The summed E-state index contributed by atoms with van der Waals surface area (Å²) in [4.78, 5) is 0. The zero-order valence-corrected chi connectivity index (χ0v) is 9.16. The molecule has 0 aliphatic rings. The topological polar surface area (TPSA) is 78.6 Å². The third-order valence-corrected chi connectivity index (χ3v) is 2.43. The summed E-state index contributed by atoms with van der Waals surface area (Å²) in [6.45, 7) is 0.0468. The standard InChI is InChI=1S/C9H13NO4S/c1-13-8-2-4-9(5-3-8)14-6-7-15(10,11)12/h2-5H,6-7H2,1H3,(H2,10,11,12). The minimum absolute atomic E-state index is 0.0468. The van der Waals surface area contributed by atoms with Crippen molar-refractivity contribution in [2.24, 2.45) is 5.14 Å². The number of benzene rings is 1. The number of nitrogens with two attached hydrogens (primary N) is 1. The largest absolute Gasteiger partial charge is 0.497 e. The number of hydrogen-bond acceptors (Lipinski definition) is 4. The van der Waals surface area contributed by atoms with Gasteiger partial charge in [0.15, 0.2) is 0 Å². The van der Waals surface area contributed by atoms with Crippen LogP contribution in [-0.2, 0) is 10.0 Å². The van der Waals surface area contributed by atoms with E-state index in [2.05, 4.69) is 0 Å². The number of ether oxygens (including phenoxy) is 2. The lowest BCUT2D eigenvalue weighted by Gasteiger charge is -2.05. The Morgan fingerprint density at radius 2 is 1.73 bits per heavy atom. The third-order valence-electron chi connectivity index (χ3n) is 1.70. The van der Waals surface area contributed by atoms with E-state index in [1.54, 1.807) is 31.4 Å². The van der Waals surface area contributed by atoms with Crippen molar-refractivity contribution in [2.75, 3.05) is 19.5 Å². The minimum atomic E-state index is -3.46. The number of sulfonamides is 1. The molecule has 84 valence electrons. The van der Waals surface area contributed by atoms with Crippen LogP contribution in [0.4, 0.5) is 0 Å². The first-order valence-electron chi connectivity index (χ1n) is 4.28. The molecule has 0 aliphatic carbocycles. The summed E-state index contributed by atoms with van der Waals surface area (Å²) in [7, 11) is -1.89. The summed E-state index contributed by atoms with van der Waals surface area (Å²) >= 11 is 0. The highest BCUT2D eigenvalue weighted by molar-refractivity contribution is 7.89. The van der Waals surface area contributed by atoms with E-state index >= 15 is 0 Å². The van der Waals surface area contributed by atoms with Gasteiger partial charge in [-0.15, -0.1) is 0 Å². The van der Waals surface area contributed by atoms with Crippen LogP contribution in [0.1, 0.15) is 0 Å². The average Bonchev–Trinajstić information content (AvgIpc) is 2.17. The third kappa shape index (κ3) is 4.66. The molecule has 0 fully saturated rings. The Labute approximate surface area is 88.9 Å². The lowest BCUT2D eigenvalue weighted by atomic mass is 10.3. The molecule has 6 heteroatoms. The summed E-state index contributed by atoms with van der Waals surface area (Å²) in [5, 5.41) is 4.82. The van der Waals surface area contributed by atoms with Crippen molar-refractivity contribution in [3.63, 3.8) is 0 Å². The molecule has 0 aromatic heterocycles. The van der Waals surface area contributed by atoms with E-state index in [0.29, 0.717) is 11.5 Å². The van der Waals surface area contributed by atoms with Gasteiger partial charge in [0.1, 0.15) is 18.1 Å². The fourth-order valence-corrected chi connectivity index (χ4v) is 1.26. The lowest BCUT2D eigenvalue weighted by Crippen LogP contribution is -2.21. The Hall–Kier alpha value is -1.27. The molecule has 1 aromatic rings. The molecule has 0 heterocycles. The summed E-state index contributed by atoms with van der Waals surface area (Å²) in [5.41, 5.74) is 0. The van der Waals surface area contributed by atoms with Crippen LogP contribution in [0.5, 0.6) is 11.5 Å². The van der Waals surface area contributed by atoms with Crippen LogP contribution in [0, 0.1) is 0 Å². The Kier molecular flexibility index (Phi) is 3.93. The highest BCUT2D eigenvalue weighted by atomic mass is 32.2. The molecule has 5 nitrogen and oxygen atoms in total. The van der Waals surface area contributed by atoms with Gasteiger partial charge in [0.2, 0.25) is 10.0 Å². The van der Waals surface area contributed by atoms with Crippen LogP contribution in [0.3, 0.4) is 0 Å². The van der Waals surface area contributed by atoms with E-state index < -0.39 is 10.0 Å². The van der Waals surface area contributed by atoms with Crippen molar-refractivity contribution in [1.82, 2.24) is 0 Å². The van der Waals surface area contributed by atoms with Crippen LogP contribution >= 0.6 is 0 Å².